The molecule has 0 saturated carbocycles. The third-order valence-corrected chi connectivity index (χ3v) is 4.23. The molecule has 2 amide bonds. The molecule has 1 N–H and O–H groups in total. The summed E-state index contributed by atoms with van der Waals surface area (Å²) in [5, 5.41) is 6.06. The van der Waals surface area contributed by atoms with Gasteiger partial charge in [-0.25, -0.2) is 5.10 Å². The fraction of sp³-hybridized carbons (Fsp3) is 0.333. The van der Waals surface area contributed by atoms with Crippen LogP contribution in [0.2, 0.25) is 0 Å². The maximum absolute atomic E-state index is 12.5. The number of aromatic amines is 1. The van der Waals surface area contributed by atoms with Gasteiger partial charge in [-0.3, -0.25) is 14.4 Å². The number of carbonyl (C=O) groups is 2. The largest absolute Gasteiger partial charge is 0.341 e. The summed E-state index contributed by atoms with van der Waals surface area (Å²) in [6.07, 6.45) is 1.09. The fourth-order valence-electron chi connectivity index (χ4n) is 2.88. The first-order valence-electron chi connectivity index (χ1n) is 8.30. The van der Waals surface area contributed by atoms with Gasteiger partial charge in [0.1, 0.15) is 5.69 Å². The minimum Gasteiger partial charge on any atom is -0.341 e. The summed E-state index contributed by atoms with van der Waals surface area (Å²) in [4.78, 5) is 39.5. The zero-order valence-corrected chi connectivity index (χ0v) is 13.9. The Balaban J connectivity index is 1.60. The van der Waals surface area contributed by atoms with E-state index in [1.165, 1.54) is 12.1 Å². The molecule has 0 unspecified atom stereocenters. The van der Waals surface area contributed by atoms with Crippen LogP contribution in [0.25, 0.3) is 0 Å². The molecule has 7 heteroatoms. The minimum atomic E-state index is -0.342. The van der Waals surface area contributed by atoms with Crippen LogP contribution in [0, 0.1) is 0 Å². The lowest BCUT2D eigenvalue weighted by Gasteiger charge is -2.22. The maximum atomic E-state index is 12.5. The molecule has 1 aliphatic rings. The second kappa shape index (κ2) is 7.74. The Labute approximate surface area is 145 Å². The van der Waals surface area contributed by atoms with Crippen molar-refractivity contribution in [1.29, 1.82) is 0 Å². The summed E-state index contributed by atoms with van der Waals surface area (Å²) < 4.78 is 0. The number of hydrogen-bond donors (Lipinski definition) is 1. The molecule has 1 aromatic heterocycles. The Hall–Kier alpha value is -2.96. The number of H-pyrrole nitrogens is 1. The SMILES string of the molecule is O=C(Cc1ccccc1)N1CCCN(C(=O)c2ccc(=O)[nH]n2)CC1. The van der Waals surface area contributed by atoms with E-state index in [9.17, 15) is 14.4 Å². The molecule has 1 saturated heterocycles. The van der Waals surface area contributed by atoms with Gasteiger partial charge in [0.25, 0.3) is 11.5 Å². The van der Waals surface area contributed by atoms with Crippen molar-refractivity contribution in [3.8, 4) is 0 Å². The zero-order valence-electron chi connectivity index (χ0n) is 13.9. The predicted molar refractivity (Wildman–Crippen MR) is 92.1 cm³/mol. The van der Waals surface area contributed by atoms with Gasteiger partial charge in [0.05, 0.1) is 6.42 Å². The van der Waals surface area contributed by atoms with Crippen LogP contribution in [0.4, 0.5) is 0 Å². The first-order chi connectivity index (χ1) is 12.1. The van der Waals surface area contributed by atoms with Gasteiger partial charge in [0, 0.05) is 32.2 Å². The summed E-state index contributed by atoms with van der Waals surface area (Å²) in [7, 11) is 0. The highest BCUT2D eigenvalue weighted by atomic mass is 16.2. The van der Waals surface area contributed by atoms with Gasteiger partial charge in [-0.2, -0.15) is 5.10 Å². The monoisotopic (exact) mass is 340 g/mol. The average Bonchev–Trinajstić information content (AvgIpc) is 2.89. The fourth-order valence-corrected chi connectivity index (χ4v) is 2.88. The van der Waals surface area contributed by atoms with Crippen LogP contribution in [-0.4, -0.2) is 58.0 Å². The second-order valence-electron chi connectivity index (χ2n) is 6.00. The van der Waals surface area contributed by atoms with Crippen LogP contribution < -0.4 is 5.56 Å². The quantitative estimate of drug-likeness (QED) is 0.890. The molecule has 0 radical (unpaired) electrons. The molecule has 0 atom stereocenters. The smallest absolute Gasteiger partial charge is 0.274 e. The highest BCUT2D eigenvalue weighted by Crippen LogP contribution is 2.09. The molecule has 130 valence electrons. The molecular weight excluding hydrogens is 320 g/mol. The van der Waals surface area contributed by atoms with Crippen LogP contribution >= 0.6 is 0 Å². The van der Waals surface area contributed by atoms with E-state index in [1.54, 1.807) is 9.80 Å². The standard InChI is InChI=1S/C18H20N4O3/c23-16-8-7-15(19-20-16)18(25)22-10-4-9-21(11-12-22)17(24)13-14-5-2-1-3-6-14/h1-3,5-8H,4,9-13H2,(H,20,23). The van der Waals surface area contributed by atoms with Gasteiger partial charge < -0.3 is 9.80 Å². The van der Waals surface area contributed by atoms with Crippen molar-refractivity contribution in [2.45, 2.75) is 12.8 Å². The lowest BCUT2D eigenvalue weighted by Crippen LogP contribution is -2.38. The van der Waals surface area contributed by atoms with E-state index in [1.807, 2.05) is 30.3 Å². The van der Waals surface area contributed by atoms with E-state index in [2.05, 4.69) is 10.2 Å². The van der Waals surface area contributed by atoms with Gasteiger partial charge in [0.15, 0.2) is 0 Å². The van der Waals surface area contributed by atoms with Crippen LogP contribution in [0.5, 0.6) is 0 Å². The van der Waals surface area contributed by atoms with Gasteiger partial charge in [0.2, 0.25) is 5.91 Å². The average molecular weight is 340 g/mol. The Morgan fingerprint density at radius 3 is 2.40 bits per heavy atom. The Morgan fingerprint density at radius 2 is 1.68 bits per heavy atom. The van der Waals surface area contributed by atoms with Crippen molar-refractivity contribution in [1.82, 2.24) is 20.0 Å². The van der Waals surface area contributed by atoms with Crippen LogP contribution in [0.1, 0.15) is 22.5 Å². The van der Waals surface area contributed by atoms with Crippen molar-refractivity contribution < 1.29 is 9.59 Å². The van der Waals surface area contributed by atoms with Crippen molar-refractivity contribution in [2.75, 3.05) is 26.2 Å². The summed E-state index contributed by atoms with van der Waals surface area (Å²) in [5.74, 6) is -0.156. The molecule has 1 aromatic carbocycles. The molecule has 7 nitrogen and oxygen atoms in total. The third kappa shape index (κ3) is 4.32. The summed E-state index contributed by atoms with van der Waals surface area (Å²) in [6.45, 7) is 2.16. The second-order valence-corrected chi connectivity index (χ2v) is 6.00. The minimum absolute atomic E-state index is 0.0719. The van der Waals surface area contributed by atoms with E-state index < -0.39 is 0 Å². The van der Waals surface area contributed by atoms with Crippen LogP contribution in [0.3, 0.4) is 0 Å². The molecular formula is C18H20N4O3. The van der Waals surface area contributed by atoms with E-state index in [4.69, 9.17) is 0 Å². The molecule has 3 rings (SSSR count). The van der Waals surface area contributed by atoms with Gasteiger partial charge in [-0.05, 0) is 18.1 Å². The number of rotatable bonds is 3. The van der Waals surface area contributed by atoms with Gasteiger partial charge >= 0.3 is 0 Å². The van der Waals surface area contributed by atoms with Crippen molar-refractivity contribution in [3.05, 3.63) is 64.1 Å². The summed E-state index contributed by atoms with van der Waals surface area (Å²) >= 11 is 0. The number of carbonyl (C=O) groups excluding carboxylic acids is 2. The van der Waals surface area contributed by atoms with Crippen LogP contribution in [0.15, 0.2) is 47.3 Å². The van der Waals surface area contributed by atoms with Gasteiger partial charge in [-0.1, -0.05) is 30.3 Å². The molecule has 2 heterocycles. The van der Waals surface area contributed by atoms with Crippen molar-refractivity contribution >= 4 is 11.8 Å². The number of hydrogen-bond acceptors (Lipinski definition) is 4. The highest BCUT2D eigenvalue weighted by molar-refractivity contribution is 5.92. The number of nitrogens with zero attached hydrogens (tertiary/aromatic N) is 3. The topological polar surface area (TPSA) is 86.4 Å². The molecule has 0 bridgehead atoms. The normalized spacial score (nSPS) is 14.9. The van der Waals surface area contributed by atoms with E-state index in [0.717, 1.165) is 12.0 Å². The number of aromatic nitrogens is 2. The van der Waals surface area contributed by atoms with Gasteiger partial charge in [-0.15, -0.1) is 0 Å². The molecule has 0 aliphatic carbocycles. The molecule has 1 aliphatic heterocycles. The summed E-state index contributed by atoms with van der Waals surface area (Å²) in [6, 6.07) is 12.3. The van der Waals surface area contributed by atoms with E-state index in [0.29, 0.717) is 32.6 Å². The lowest BCUT2D eigenvalue weighted by molar-refractivity contribution is -0.130. The first-order valence-corrected chi connectivity index (χ1v) is 8.30. The summed E-state index contributed by atoms with van der Waals surface area (Å²) in [5.41, 5.74) is 0.857. The maximum Gasteiger partial charge on any atom is 0.274 e. The zero-order chi connectivity index (χ0) is 17.6. The molecule has 2 aromatic rings. The number of benzene rings is 1. The number of nitrogens with one attached hydrogen (secondary N) is 1. The van der Waals surface area contributed by atoms with E-state index in [-0.39, 0.29) is 23.1 Å². The molecule has 25 heavy (non-hydrogen) atoms. The highest BCUT2D eigenvalue weighted by Gasteiger charge is 2.23. The number of amides is 2. The van der Waals surface area contributed by atoms with Crippen molar-refractivity contribution in [2.24, 2.45) is 0 Å². The van der Waals surface area contributed by atoms with Crippen molar-refractivity contribution in [3.63, 3.8) is 0 Å². The molecule has 0 spiro atoms. The lowest BCUT2D eigenvalue weighted by atomic mass is 10.1. The predicted octanol–water partition coefficient (Wildman–Crippen LogP) is 0.687. The first kappa shape index (κ1) is 16.9. The Bertz CT molecular complexity index is 783. The van der Waals surface area contributed by atoms with Crippen LogP contribution in [-0.2, 0) is 11.2 Å². The third-order valence-electron chi connectivity index (χ3n) is 4.23. The Kier molecular flexibility index (Phi) is 5.23. The Morgan fingerprint density at radius 1 is 0.960 bits per heavy atom. The molecule has 1 fully saturated rings. The van der Waals surface area contributed by atoms with E-state index >= 15 is 0 Å².